The monoisotopic (exact) mass is 360 g/mol. The molecule has 0 bridgehead atoms. The van der Waals surface area contributed by atoms with E-state index in [1.54, 1.807) is 0 Å². The minimum Gasteiger partial charge on any atom is -0.354 e. The van der Waals surface area contributed by atoms with Gasteiger partial charge in [-0.25, -0.2) is 4.98 Å². The zero-order chi connectivity index (χ0) is 18.9. The van der Waals surface area contributed by atoms with E-state index < -0.39 is 0 Å². The van der Waals surface area contributed by atoms with Gasteiger partial charge in [0, 0.05) is 52.0 Å². The largest absolute Gasteiger partial charge is 0.354 e. The highest BCUT2D eigenvalue weighted by molar-refractivity contribution is 5.79. The summed E-state index contributed by atoms with van der Waals surface area (Å²) in [5.41, 5.74) is 1.17. The van der Waals surface area contributed by atoms with E-state index in [4.69, 9.17) is 0 Å². The molecule has 0 radical (unpaired) electrons. The first-order valence-electron chi connectivity index (χ1n) is 9.83. The van der Waals surface area contributed by atoms with Crippen LogP contribution < -0.4 is 15.5 Å². The van der Waals surface area contributed by atoms with Gasteiger partial charge in [0.25, 0.3) is 0 Å². The zero-order valence-electron chi connectivity index (χ0n) is 17.1. The third-order valence-electron chi connectivity index (χ3n) is 4.88. The first kappa shape index (κ1) is 20.5. The Balaban J connectivity index is 1.79. The predicted molar refractivity (Wildman–Crippen MR) is 111 cm³/mol. The van der Waals surface area contributed by atoms with Gasteiger partial charge in [-0.05, 0) is 44.4 Å². The van der Waals surface area contributed by atoms with Gasteiger partial charge in [0.05, 0.1) is 0 Å². The Kier molecular flexibility index (Phi) is 8.16. The molecule has 1 fully saturated rings. The fourth-order valence-electron chi connectivity index (χ4n) is 3.01. The summed E-state index contributed by atoms with van der Waals surface area (Å²) in [7, 11) is 3.99. The Bertz CT molecular complexity index is 546. The van der Waals surface area contributed by atoms with Crippen molar-refractivity contribution in [3.05, 3.63) is 23.9 Å². The summed E-state index contributed by atoms with van der Waals surface area (Å²) in [5.74, 6) is 2.66. The molecular formula is C20H36N6. The molecule has 26 heavy (non-hydrogen) atoms. The lowest BCUT2D eigenvalue weighted by molar-refractivity contribution is 0.312. The molecule has 1 saturated heterocycles. The molecule has 1 aliphatic rings. The molecule has 0 spiro atoms. The molecule has 1 aromatic rings. The second-order valence-corrected chi connectivity index (χ2v) is 7.76. The third-order valence-corrected chi connectivity index (χ3v) is 4.88. The molecule has 146 valence electrons. The van der Waals surface area contributed by atoms with Crippen LogP contribution in [0.3, 0.4) is 0 Å². The van der Waals surface area contributed by atoms with Crippen molar-refractivity contribution in [1.82, 2.24) is 20.5 Å². The van der Waals surface area contributed by atoms with Crippen LogP contribution in [-0.2, 0) is 6.54 Å². The van der Waals surface area contributed by atoms with Crippen LogP contribution in [0.25, 0.3) is 0 Å². The van der Waals surface area contributed by atoms with Gasteiger partial charge in [0.1, 0.15) is 5.82 Å². The van der Waals surface area contributed by atoms with Crippen molar-refractivity contribution in [2.75, 3.05) is 45.2 Å². The summed E-state index contributed by atoms with van der Waals surface area (Å²) in [6.45, 7) is 11.8. The highest BCUT2D eigenvalue weighted by atomic mass is 15.3. The number of guanidine groups is 1. The normalized spacial score (nSPS) is 17.5. The number of rotatable bonds is 7. The summed E-state index contributed by atoms with van der Waals surface area (Å²) in [6.07, 6.45) is 4.35. The average molecular weight is 361 g/mol. The average Bonchev–Trinajstić information content (AvgIpc) is 2.64. The molecule has 2 N–H and O–H groups in total. The number of hydrogen-bond donors (Lipinski definition) is 2. The van der Waals surface area contributed by atoms with E-state index in [0.29, 0.717) is 6.04 Å². The smallest absolute Gasteiger partial charge is 0.191 e. The number of aromatic nitrogens is 1. The van der Waals surface area contributed by atoms with E-state index >= 15 is 0 Å². The second-order valence-electron chi connectivity index (χ2n) is 7.76. The van der Waals surface area contributed by atoms with Gasteiger partial charge in [0.15, 0.2) is 5.96 Å². The lowest BCUT2D eigenvalue weighted by Gasteiger charge is -2.33. The van der Waals surface area contributed by atoms with Crippen LogP contribution in [0.15, 0.2) is 23.3 Å². The van der Waals surface area contributed by atoms with Crippen molar-refractivity contribution in [3.63, 3.8) is 0 Å². The zero-order valence-corrected chi connectivity index (χ0v) is 17.1. The number of hydrogen-bond acceptors (Lipinski definition) is 4. The van der Waals surface area contributed by atoms with E-state index in [-0.39, 0.29) is 0 Å². The van der Waals surface area contributed by atoms with Crippen LogP contribution in [0.1, 0.15) is 39.2 Å². The quantitative estimate of drug-likeness (QED) is 0.577. The van der Waals surface area contributed by atoms with Crippen molar-refractivity contribution < 1.29 is 0 Å². The molecule has 6 nitrogen and oxygen atoms in total. The molecule has 1 atom stereocenters. The number of piperazine rings is 1. The Morgan fingerprint density at radius 2 is 1.88 bits per heavy atom. The van der Waals surface area contributed by atoms with Crippen LogP contribution in [0, 0.1) is 5.92 Å². The molecule has 1 unspecified atom stereocenters. The Morgan fingerprint density at radius 1 is 1.15 bits per heavy atom. The summed E-state index contributed by atoms with van der Waals surface area (Å²) in [4.78, 5) is 13.7. The molecule has 1 aliphatic heterocycles. The first-order valence-corrected chi connectivity index (χ1v) is 9.83. The minimum atomic E-state index is 0.418. The Morgan fingerprint density at radius 3 is 2.46 bits per heavy atom. The highest BCUT2D eigenvalue weighted by Gasteiger charge is 2.15. The van der Waals surface area contributed by atoms with Gasteiger partial charge >= 0.3 is 0 Å². The van der Waals surface area contributed by atoms with Crippen molar-refractivity contribution in [3.8, 4) is 0 Å². The summed E-state index contributed by atoms with van der Waals surface area (Å²) in [6, 6.07) is 4.70. The van der Waals surface area contributed by atoms with Crippen LogP contribution in [0.4, 0.5) is 5.82 Å². The number of likely N-dealkylation sites (N-methyl/N-ethyl adjacent to an activating group) is 1. The maximum Gasteiger partial charge on any atom is 0.191 e. The minimum absolute atomic E-state index is 0.418. The van der Waals surface area contributed by atoms with Crippen LogP contribution in [0.5, 0.6) is 0 Å². The van der Waals surface area contributed by atoms with Crippen molar-refractivity contribution in [2.45, 2.75) is 46.2 Å². The molecule has 2 heterocycles. The molecule has 0 amide bonds. The SMILES string of the molecule is CN=C(NCc1ccc(N2CCN(C)CC2)nc1)NC(C)CCC(C)C. The van der Waals surface area contributed by atoms with E-state index in [1.165, 1.54) is 12.0 Å². The predicted octanol–water partition coefficient (Wildman–Crippen LogP) is 2.32. The van der Waals surface area contributed by atoms with E-state index in [1.807, 2.05) is 13.2 Å². The fourth-order valence-corrected chi connectivity index (χ4v) is 3.01. The number of anilines is 1. The van der Waals surface area contributed by atoms with Crippen LogP contribution >= 0.6 is 0 Å². The topological polar surface area (TPSA) is 55.8 Å². The van der Waals surface area contributed by atoms with E-state index in [9.17, 15) is 0 Å². The lowest BCUT2D eigenvalue weighted by atomic mass is 10.0. The van der Waals surface area contributed by atoms with Gasteiger partial charge in [0.2, 0.25) is 0 Å². The second kappa shape index (κ2) is 10.4. The van der Waals surface area contributed by atoms with Gasteiger partial charge in [-0.3, -0.25) is 4.99 Å². The molecule has 6 heteroatoms. The number of aliphatic imine (C=N–C) groups is 1. The van der Waals surface area contributed by atoms with Crippen molar-refractivity contribution in [1.29, 1.82) is 0 Å². The maximum absolute atomic E-state index is 4.65. The fraction of sp³-hybridized carbons (Fsp3) is 0.700. The molecular weight excluding hydrogens is 324 g/mol. The van der Waals surface area contributed by atoms with E-state index in [0.717, 1.165) is 56.8 Å². The number of nitrogens with zero attached hydrogens (tertiary/aromatic N) is 4. The standard InChI is InChI=1S/C20H36N6/c1-16(2)6-7-17(3)24-20(21-4)23-15-18-8-9-19(22-14-18)26-12-10-25(5)11-13-26/h8-9,14,16-17H,6-7,10-13,15H2,1-5H3,(H2,21,23,24). The molecule has 1 aromatic heterocycles. The number of nitrogens with one attached hydrogen (secondary N) is 2. The molecule has 0 aromatic carbocycles. The Labute approximate surface area is 159 Å². The molecule has 0 saturated carbocycles. The number of pyridine rings is 1. The molecule has 2 rings (SSSR count). The Hall–Kier alpha value is -1.82. The van der Waals surface area contributed by atoms with Crippen molar-refractivity contribution >= 4 is 11.8 Å². The highest BCUT2D eigenvalue weighted by Crippen LogP contribution is 2.13. The van der Waals surface area contributed by atoms with Gasteiger partial charge < -0.3 is 20.4 Å². The van der Waals surface area contributed by atoms with Gasteiger partial charge in [-0.1, -0.05) is 19.9 Å². The van der Waals surface area contributed by atoms with Crippen LogP contribution in [0.2, 0.25) is 0 Å². The molecule has 0 aliphatic carbocycles. The van der Waals surface area contributed by atoms with E-state index in [2.05, 4.69) is 70.4 Å². The summed E-state index contributed by atoms with van der Waals surface area (Å²) in [5, 5.41) is 6.85. The van der Waals surface area contributed by atoms with Crippen LogP contribution in [-0.4, -0.2) is 62.2 Å². The van der Waals surface area contributed by atoms with Crippen molar-refractivity contribution in [2.24, 2.45) is 10.9 Å². The lowest BCUT2D eigenvalue weighted by Crippen LogP contribution is -2.44. The van der Waals surface area contributed by atoms with Gasteiger partial charge in [-0.2, -0.15) is 0 Å². The summed E-state index contributed by atoms with van der Waals surface area (Å²) >= 11 is 0. The first-order chi connectivity index (χ1) is 12.5. The third kappa shape index (κ3) is 6.83. The summed E-state index contributed by atoms with van der Waals surface area (Å²) < 4.78 is 0. The van der Waals surface area contributed by atoms with Gasteiger partial charge in [-0.15, -0.1) is 0 Å². The maximum atomic E-state index is 4.65.